The second-order valence-corrected chi connectivity index (χ2v) is 6.64. The van der Waals surface area contributed by atoms with E-state index in [-0.39, 0.29) is 18.1 Å². The minimum atomic E-state index is -0.261. The van der Waals surface area contributed by atoms with E-state index in [0.717, 1.165) is 23.7 Å². The number of carbonyl (C=O) groups excluding carboxylic acids is 1. The molecule has 1 aliphatic rings. The molecule has 1 aliphatic carbocycles. The summed E-state index contributed by atoms with van der Waals surface area (Å²) in [5, 5.41) is 26.7. The fourth-order valence-electron chi connectivity index (χ4n) is 3.34. The minimum absolute atomic E-state index is 0.0637. The monoisotopic (exact) mass is 362 g/mol. The Labute approximate surface area is 155 Å². The van der Waals surface area contributed by atoms with Crippen molar-refractivity contribution in [2.45, 2.75) is 37.8 Å². The van der Waals surface area contributed by atoms with E-state index in [0.29, 0.717) is 30.0 Å². The number of carbonyl (C=O) groups is 1. The number of benzene rings is 1. The van der Waals surface area contributed by atoms with Gasteiger partial charge in [-0.2, -0.15) is 15.0 Å². The maximum absolute atomic E-state index is 12.4. The molecule has 0 aliphatic heterocycles. The molecule has 1 amide bonds. The average molecular weight is 362 g/mol. The maximum atomic E-state index is 12.4. The summed E-state index contributed by atoms with van der Waals surface area (Å²) in [6.07, 6.45) is 5.59. The molecule has 0 radical (unpaired) electrons. The van der Waals surface area contributed by atoms with Gasteiger partial charge in [0.2, 0.25) is 0 Å². The summed E-state index contributed by atoms with van der Waals surface area (Å²) in [4.78, 5) is 20.9. The van der Waals surface area contributed by atoms with Crippen molar-refractivity contribution in [1.82, 2.24) is 25.1 Å². The maximum Gasteiger partial charge on any atom is 0.254 e. The van der Waals surface area contributed by atoms with Crippen LogP contribution in [-0.4, -0.2) is 42.9 Å². The van der Waals surface area contributed by atoms with Crippen molar-refractivity contribution in [2.75, 3.05) is 0 Å². The van der Waals surface area contributed by atoms with Gasteiger partial charge in [0.15, 0.2) is 5.69 Å². The van der Waals surface area contributed by atoms with Crippen molar-refractivity contribution in [3.05, 3.63) is 47.9 Å². The van der Waals surface area contributed by atoms with Crippen LogP contribution in [-0.2, 0) is 0 Å². The molecule has 1 saturated carbocycles. The molecule has 1 aromatic carbocycles. The van der Waals surface area contributed by atoms with Crippen LogP contribution in [0.2, 0.25) is 0 Å². The Balaban J connectivity index is 1.54. The number of nitriles is 1. The number of para-hydroxylation sites is 1. The van der Waals surface area contributed by atoms with Gasteiger partial charge in [-0.3, -0.25) is 4.79 Å². The molecule has 27 heavy (non-hydrogen) atoms. The first-order valence-corrected chi connectivity index (χ1v) is 8.85. The van der Waals surface area contributed by atoms with E-state index < -0.39 is 0 Å². The SMILES string of the molecule is N#Cc1nn(-c2ncc(C(=O)NC3CCC(O)CC3)cn2)c2ccccc12. The van der Waals surface area contributed by atoms with Crippen LogP contribution in [0.3, 0.4) is 0 Å². The highest BCUT2D eigenvalue weighted by molar-refractivity contribution is 5.93. The fourth-order valence-corrected chi connectivity index (χ4v) is 3.34. The largest absolute Gasteiger partial charge is 0.393 e. The van der Waals surface area contributed by atoms with Gasteiger partial charge >= 0.3 is 0 Å². The first-order valence-electron chi connectivity index (χ1n) is 8.85. The number of hydrogen-bond acceptors (Lipinski definition) is 6. The second-order valence-electron chi connectivity index (χ2n) is 6.64. The van der Waals surface area contributed by atoms with Crippen molar-refractivity contribution < 1.29 is 9.90 Å². The normalized spacial score (nSPS) is 19.6. The molecular formula is C19H18N6O2. The third-order valence-electron chi connectivity index (χ3n) is 4.82. The summed E-state index contributed by atoms with van der Waals surface area (Å²) < 4.78 is 1.50. The highest BCUT2D eigenvalue weighted by Gasteiger charge is 2.21. The Morgan fingerprint density at radius 1 is 1.19 bits per heavy atom. The zero-order chi connectivity index (χ0) is 18.8. The molecule has 2 aromatic heterocycles. The lowest BCUT2D eigenvalue weighted by atomic mass is 9.93. The van der Waals surface area contributed by atoms with Crippen LogP contribution in [0.1, 0.15) is 41.7 Å². The van der Waals surface area contributed by atoms with Gasteiger partial charge in [-0.25, -0.2) is 9.97 Å². The van der Waals surface area contributed by atoms with Crippen LogP contribution in [0.15, 0.2) is 36.7 Å². The summed E-state index contributed by atoms with van der Waals surface area (Å²) >= 11 is 0. The number of amides is 1. The van der Waals surface area contributed by atoms with Crippen molar-refractivity contribution >= 4 is 16.8 Å². The summed E-state index contributed by atoms with van der Waals surface area (Å²) in [6, 6.07) is 9.48. The van der Waals surface area contributed by atoms with Gasteiger partial charge in [0.25, 0.3) is 11.9 Å². The third kappa shape index (κ3) is 3.37. The lowest BCUT2D eigenvalue weighted by Gasteiger charge is -2.26. The molecule has 0 saturated heterocycles. The molecule has 8 nitrogen and oxygen atoms in total. The van der Waals surface area contributed by atoms with Gasteiger partial charge < -0.3 is 10.4 Å². The summed E-state index contributed by atoms with van der Waals surface area (Å²) in [5.41, 5.74) is 1.39. The molecule has 8 heteroatoms. The number of rotatable bonds is 3. The first kappa shape index (κ1) is 17.1. The van der Waals surface area contributed by atoms with E-state index >= 15 is 0 Å². The Kier molecular flexibility index (Phi) is 4.52. The molecule has 2 heterocycles. The molecule has 0 spiro atoms. The van der Waals surface area contributed by atoms with Crippen molar-refractivity contribution in [3.63, 3.8) is 0 Å². The van der Waals surface area contributed by atoms with E-state index in [1.54, 1.807) is 0 Å². The lowest BCUT2D eigenvalue weighted by molar-refractivity contribution is 0.0867. The predicted octanol–water partition coefficient (Wildman–Crippen LogP) is 1.72. The van der Waals surface area contributed by atoms with E-state index in [2.05, 4.69) is 26.5 Å². The van der Waals surface area contributed by atoms with Gasteiger partial charge in [-0.1, -0.05) is 12.1 Å². The summed E-state index contributed by atoms with van der Waals surface area (Å²) in [7, 11) is 0. The van der Waals surface area contributed by atoms with E-state index in [1.165, 1.54) is 17.1 Å². The number of nitrogens with zero attached hydrogens (tertiary/aromatic N) is 5. The van der Waals surface area contributed by atoms with Crippen molar-refractivity contribution in [1.29, 1.82) is 5.26 Å². The quantitative estimate of drug-likeness (QED) is 0.733. The van der Waals surface area contributed by atoms with Gasteiger partial charge in [-0.05, 0) is 37.8 Å². The van der Waals surface area contributed by atoms with Gasteiger partial charge in [0.05, 0.1) is 17.2 Å². The fraction of sp³-hybridized carbons (Fsp3) is 0.316. The molecule has 4 rings (SSSR count). The molecule has 1 fully saturated rings. The molecule has 0 bridgehead atoms. The van der Waals surface area contributed by atoms with Crippen molar-refractivity contribution in [3.8, 4) is 12.0 Å². The Hall–Kier alpha value is -3.31. The summed E-state index contributed by atoms with van der Waals surface area (Å²) in [6.45, 7) is 0. The lowest BCUT2D eigenvalue weighted by Crippen LogP contribution is -2.38. The minimum Gasteiger partial charge on any atom is -0.393 e. The van der Waals surface area contributed by atoms with Gasteiger partial charge in [0, 0.05) is 23.8 Å². The van der Waals surface area contributed by atoms with Crippen molar-refractivity contribution in [2.24, 2.45) is 0 Å². The van der Waals surface area contributed by atoms with Crippen LogP contribution in [0.25, 0.3) is 16.9 Å². The standard InChI is InChI=1S/C19H18N6O2/c20-9-16-15-3-1-2-4-17(15)25(24-16)19-21-10-12(11-22-19)18(27)23-13-5-7-14(26)8-6-13/h1-4,10-11,13-14,26H,5-8H2,(H,23,27). The van der Waals surface area contributed by atoms with E-state index in [9.17, 15) is 15.2 Å². The smallest absolute Gasteiger partial charge is 0.254 e. The van der Waals surface area contributed by atoms with E-state index in [4.69, 9.17) is 0 Å². The number of aliphatic hydroxyl groups is 1. The molecule has 2 N–H and O–H groups in total. The number of hydrogen-bond donors (Lipinski definition) is 2. The second kappa shape index (κ2) is 7.13. The molecule has 0 atom stereocenters. The first-order chi connectivity index (χ1) is 13.2. The number of aromatic nitrogens is 4. The predicted molar refractivity (Wildman–Crippen MR) is 97.1 cm³/mol. The summed E-state index contributed by atoms with van der Waals surface area (Å²) in [5.74, 6) is 0.0658. The van der Waals surface area contributed by atoms with Crippen LogP contribution in [0.4, 0.5) is 0 Å². The third-order valence-corrected chi connectivity index (χ3v) is 4.82. The molecule has 3 aromatic rings. The molecular weight excluding hydrogens is 344 g/mol. The van der Waals surface area contributed by atoms with Gasteiger partial charge in [-0.15, -0.1) is 0 Å². The van der Waals surface area contributed by atoms with Gasteiger partial charge in [0.1, 0.15) is 6.07 Å². The zero-order valence-corrected chi connectivity index (χ0v) is 14.5. The van der Waals surface area contributed by atoms with Crippen LogP contribution < -0.4 is 5.32 Å². The molecule has 0 unspecified atom stereocenters. The topological polar surface area (TPSA) is 117 Å². The van der Waals surface area contributed by atoms with E-state index in [1.807, 2.05) is 24.3 Å². The highest BCUT2D eigenvalue weighted by atomic mass is 16.3. The molecule has 136 valence electrons. The Morgan fingerprint density at radius 3 is 2.59 bits per heavy atom. The number of aliphatic hydroxyl groups excluding tert-OH is 1. The Bertz CT molecular complexity index is 1010. The highest BCUT2D eigenvalue weighted by Crippen LogP contribution is 2.20. The Morgan fingerprint density at radius 2 is 1.89 bits per heavy atom. The number of fused-ring (bicyclic) bond motifs is 1. The van der Waals surface area contributed by atoms with Crippen LogP contribution in [0.5, 0.6) is 0 Å². The van der Waals surface area contributed by atoms with Crippen LogP contribution in [0, 0.1) is 11.3 Å². The number of nitrogens with one attached hydrogen (secondary N) is 1. The van der Waals surface area contributed by atoms with Crippen LogP contribution >= 0.6 is 0 Å². The zero-order valence-electron chi connectivity index (χ0n) is 14.5. The average Bonchev–Trinajstić information content (AvgIpc) is 3.09.